The first-order chi connectivity index (χ1) is 6.21. The van der Waals surface area contributed by atoms with E-state index in [4.69, 9.17) is 10.5 Å². The van der Waals surface area contributed by atoms with Crippen molar-refractivity contribution in [2.45, 2.75) is 57.1 Å². The molecule has 0 aromatic carbocycles. The van der Waals surface area contributed by atoms with E-state index in [2.05, 4.69) is 6.92 Å². The minimum absolute atomic E-state index is 0.105. The molecule has 0 radical (unpaired) electrons. The van der Waals surface area contributed by atoms with E-state index in [0.29, 0.717) is 6.04 Å². The van der Waals surface area contributed by atoms with Gasteiger partial charge in [0.25, 0.3) is 0 Å². The fraction of sp³-hybridized carbons (Fsp3) is 1.00. The van der Waals surface area contributed by atoms with Gasteiger partial charge in [0.1, 0.15) is 0 Å². The van der Waals surface area contributed by atoms with E-state index in [1.165, 1.54) is 25.7 Å². The van der Waals surface area contributed by atoms with E-state index in [1.54, 1.807) is 0 Å². The first-order valence-electron chi connectivity index (χ1n) is 5.60. The second-order valence-electron chi connectivity index (χ2n) is 4.90. The Balaban J connectivity index is 2.00. The highest BCUT2D eigenvalue weighted by molar-refractivity contribution is 4.92. The summed E-state index contributed by atoms with van der Waals surface area (Å²) in [5.41, 5.74) is 6.10. The Morgan fingerprint density at radius 1 is 1.23 bits per heavy atom. The van der Waals surface area contributed by atoms with Crippen molar-refractivity contribution in [2.75, 3.05) is 6.61 Å². The van der Waals surface area contributed by atoms with E-state index < -0.39 is 0 Å². The van der Waals surface area contributed by atoms with Gasteiger partial charge >= 0.3 is 0 Å². The largest absolute Gasteiger partial charge is 0.375 e. The van der Waals surface area contributed by atoms with Crippen molar-refractivity contribution in [1.29, 1.82) is 0 Å². The summed E-state index contributed by atoms with van der Waals surface area (Å²) in [5, 5.41) is 0. The number of ether oxygens (including phenoxy) is 1. The lowest BCUT2D eigenvalue weighted by atomic mass is 9.80. The third-order valence-corrected chi connectivity index (χ3v) is 3.81. The smallest absolute Gasteiger partial charge is 0.0697 e. The van der Waals surface area contributed by atoms with Gasteiger partial charge in [-0.05, 0) is 38.5 Å². The van der Waals surface area contributed by atoms with Crippen LogP contribution in [-0.4, -0.2) is 18.2 Å². The predicted molar refractivity (Wildman–Crippen MR) is 53.5 cm³/mol. The highest BCUT2D eigenvalue weighted by Gasteiger charge is 2.40. The Kier molecular flexibility index (Phi) is 2.61. The molecule has 2 heteroatoms. The molecule has 2 aliphatic rings. The molecule has 2 unspecified atom stereocenters. The molecule has 1 heterocycles. The van der Waals surface area contributed by atoms with Gasteiger partial charge in [0, 0.05) is 12.6 Å². The van der Waals surface area contributed by atoms with Crippen LogP contribution in [-0.2, 0) is 4.74 Å². The van der Waals surface area contributed by atoms with Gasteiger partial charge in [-0.3, -0.25) is 0 Å². The van der Waals surface area contributed by atoms with Crippen LogP contribution in [0.5, 0.6) is 0 Å². The van der Waals surface area contributed by atoms with Crippen LogP contribution in [0, 0.1) is 5.92 Å². The van der Waals surface area contributed by atoms with E-state index in [0.717, 1.165) is 25.4 Å². The highest BCUT2D eigenvalue weighted by Crippen LogP contribution is 2.40. The molecule has 1 aliphatic carbocycles. The molecule has 2 N–H and O–H groups in total. The summed E-state index contributed by atoms with van der Waals surface area (Å²) in [6, 6.07) is 0.374. The van der Waals surface area contributed by atoms with Crippen LogP contribution in [0.2, 0.25) is 0 Å². The lowest BCUT2D eigenvalue weighted by Gasteiger charge is -2.41. The van der Waals surface area contributed by atoms with E-state index >= 15 is 0 Å². The van der Waals surface area contributed by atoms with Gasteiger partial charge in [-0.25, -0.2) is 0 Å². The van der Waals surface area contributed by atoms with Crippen LogP contribution in [0.15, 0.2) is 0 Å². The normalized spacial score (nSPS) is 42.5. The summed E-state index contributed by atoms with van der Waals surface area (Å²) in [6.07, 6.45) is 7.59. The number of nitrogens with two attached hydrogens (primary N) is 1. The fourth-order valence-electron chi connectivity index (χ4n) is 2.95. The monoisotopic (exact) mass is 183 g/mol. The van der Waals surface area contributed by atoms with Crippen LogP contribution in [0.4, 0.5) is 0 Å². The van der Waals surface area contributed by atoms with Crippen LogP contribution in [0.3, 0.4) is 0 Å². The standard InChI is InChI=1S/C11H21NO/c1-11(9-4-2-3-5-9)8-10(12)6-7-13-11/h9-10H,2-8,12H2,1H3. The van der Waals surface area contributed by atoms with E-state index in [-0.39, 0.29) is 5.60 Å². The summed E-state index contributed by atoms with van der Waals surface area (Å²) in [5.74, 6) is 0.777. The molecule has 1 aliphatic heterocycles. The average Bonchev–Trinajstić information content (AvgIpc) is 2.55. The van der Waals surface area contributed by atoms with Gasteiger partial charge in [0.05, 0.1) is 5.60 Å². The summed E-state index contributed by atoms with van der Waals surface area (Å²) in [7, 11) is 0. The van der Waals surface area contributed by atoms with Crippen molar-refractivity contribution >= 4 is 0 Å². The van der Waals surface area contributed by atoms with Gasteiger partial charge in [0.15, 0.2) is 0 Å². The molecule has 13 heavy (non-hydrogen) atoms. The molecular weight excluding hydrogens is 162 g/mol. The topological polar surface area (TPSA) is 35.2 Å². The maximum absolute atomic E-state index is 6.00. The predicted octanol–water partition coefficient (Wildman–Crippen LogP) is 2.07. The van der Waals surface area contributed by atoms with Crippen LogP contribution >= 0.6 is 0 Å². The van der Waals surface area contributed by atoms with Crippen molar-refractivity contribution in [3.05, 3.63) is 0 Å². The fourth-order valence-corrected chi connectivity index (χ4v) is 2.95. The Morgan fingerprint density at radius 3 is 2.54 bits per heavy atom. The molecule has 2 atom stereocenters. The molecule has 76 valence electrons. The van der Waals surface area contributed by atoms with Gasteiger partial charge in [0.2, 0.25) is 0 Å². The van der Waals surface area contributed by atoms with E-state index in [9.17, 15) is 0 Å². The SMILES string of the molecule is CC1(C2CCCC2)CC(N)CCO1. The quantitative estimate of drug-likeness (QED) is 0.675. The third-order valence-electron chi connectivity index (χ3n) is 3.81. The molecular formula is C11H21NO. The van der Waals surface area contributed by atoms with Gasteiger partial charge in [-0.2, -0.15) is 0 Å². The third kappa shape index (κ3) is 1.89. The number of hydrogen-bond acceptors (Lipinski definition) is 2. The molecule has 1 saturated heterocycles. The lowest BCUT2D eigenvalue weighted by molar-refractivity contribution is -0.107. The van der Waals surface area contributed by atoms with Crippen molar-refractivity contribution < 1.29 is 4.74 Å². The molecule has 2 rings (SSSR count). The molecule has 0 spiro atoms. The van der Waals surface area contributed by atoms with Crippen LogP contribution < -0.4 is 5.73 Å². The van der Waals surface area contributed by atoms with Crippen molar-refractivity contribution in [1.82, 2.24) is 0 Å². The first kappa shape index (κ1) is 9.47. The van der Waals surface area contributed by atoms with Crippen molar-refractivity contribution in [2.24, 2.45) is 11.7 Å². The van der Waals surface area contributed by atoms with Gasteiger partial charge < -0.3 is 10.5 Å². The Hall–Kier alpha value is -0.0800. The Labute approximate surface area is 80.8 Å². The first-order valence-corrected chi connectivity index (χ1v) is 5.60. The maximum atomic E-state index is 6.00. The second kappa shape index (κ2) is 3.58. The van der Waals surface area contributed by atoms with E-state index in [1.807, 2.05) is 0 Å². The number of rotatable bonds is 1. The maximum Gasteiger partial charge on any atom is 0.0697 e. The minimum Gasteiger partial charge on any atom is -0.375 e. The summed E-state index contributed by atoms with van der Waals surface area (Å²) in [4.78, 5) is 0. The minimum atomic E-state index is 0.105. The zero-order valence-electron chi connectivity index (χ0n) is 8.59. The van der Waals surface area contributed by atoms with Gasteiger partial charge in [-0.15, -0.1) is 0 Å². The Bertz CT molecular complexity index is 177. The molecule has 2 fully saturated rings. The zero-order valence-corrected chi connectivity index (χ0v) is 8.59. The molecule has 0 amide bonds. The summed E-state index contributed by atoms with van der Waals surface area (Å²) in [6.45, 7) is 3.14. The zero-order chi connectivity index (χ0) is 9.31. The van der Waals surface area contributed by atoms with Crippen molar-refractivity contribution in [3.63, 3.8) is 0 Å². The highest BCUT2D eigenvalue weighted by atomic mass is 16.5. The van der Waals surface area contributed by atoms with Crippen LogP contribution in [0.1, 0.15) is 45.4 Å². The van der Waals surface area contributed by atoms with Crippen LogP contribution in [0.25, 0.3) is 0 Å². The molecule has 0 bridgehead atoms. The summed E-state index contributed by atoms with van der Waals surface area (Å²) < 4.78 is 5.94. The molecule has 1 saturated carbocycles. The number of hydrogen-bond donors (Lipinski definition) is 1. The van der Waals surface area contributed by atoms with Gasteiger partial charge in [-0.1, -0.05) is 12.8 Å². The summed E-state index contributed by atoms with van der Waals surface area (Å²) >= 11 is 0. The molecule has 0 aromatic heterocycles. The Morgan fingerprint density at radius 2 is 1.92 bits per heavy atom. The molecule has 2 nitrogen and oxygen atoms in total. The van der Waals surface area contributed by atoms with Crippen molar-refractivity contribution in [3.8, 4) is 0 Å². The second-order valence-corrected chi connectivity index (χ2v) is 4.90. The molecule has 0 aromatic rings. The lowest BCUT2D eigenvalue weighted by Crippen LogP contribution is -2.47. The average molecular weight is 183 g/mol.